The van der Waals surface area contributed by atoms with Crippen LogP contribution in [0.3, 0.4) is 0 Å². The third kappa shape index (κ3) is 6.51. The predicted octanol–water partition coefficient (Wildman–Crippen LogP) is 4.54. The predicted molar refractivity (Wildman–Crippen MR) is 148 cm³/mol. The number of ether oxygens (including phenoxy) is 1. The van der Waals surface area contributed by atoms with E-state index in [4.69, 9.17) is 14.8 Å². The molecule has 0 saturated carbocycles. The SMILES string of the molecule is Cc1ccc(OCc2ccc(CN(C)CCO)cc2C#N)c(-c2csc(N3CC[C@@H](C(=O)O)[C@@H](C)C3)n2)c1. The first-order valence-electron chi connectivity index (χ1n) is 12.8. The minimum absolute atomic E-state index is 0.0576. The zero-order chi connectivity index (χ0) is 27.2. The van der Waals surface area contributed by atoms with Gasteiger partial charge in [0.05, 0.1) is 29.9 Å². The molecule has 2 N–H and O–H groups in total. The van der Waals surface area contributed by atoms with Crippen molar-refractivity contribution in [3.8, 4) is 23.1 Å². The van der Waals surface area contributed by atoms with Crippen molar-refractivity contribution < 1.29 is 19.7 Å². The van der Waals surface area contributed by atoms with Crippen LogP contribution >= 0.6 is 11.3 Å². The number of nitrogens with zero attached hydrogens (tertiary/aromatic N) is 4. The van der Waals surface area contributed by atoms with E-state index >= 15 is 0 Å². The van der Waals surface area contributed by atoms with Crippen LogP contribution in [-0.4, -0.2) is 59.4 Å². The number of likely N-dealkylation sites (N-methyl/N-ethyl adjacent to an activating group) is 1. The topological polar surface area (TPSA) is 110 Å². The summed E-state index contributed by atoms with van der Waals surface area (Å²) in [5.74, 6) is -0.277. The Morgan fingerprint density at radius 1 is 1.32 bits per heavy atom. The van der Waals surface area contributed by atoms with Crippen molar-refractivity contribution in [2.24, 2.45) is 11.8 Å². The standard InChI is InChI=1S/C29H34N4O4S/c1-19-4-7-27(37-17-22-6-5-21(13-23(22)14-30)16-32(3)10-11-34)25(12-19)26-18-38-29(31-26)33-9-8-24(28(35)36)20(2)15-33/h4-7,12-13,18,20,24,34H,8-11,15-17H2,1-3H3,(H,35,36)/t20-,24+/m0/s1. The van der Waals surface area contributed by atoms with Crippen LogP contribution in [0.15, 0.2) is 41.8 Å². The van der Waals surface area contributed by atoms with Crippen molar-refractivity contribution in [3.05, 3.63) is 64.0 Å². The lowest BCUT2D eigenvalue weighted by Gasteiger charge is -2.34. The molecule has 0 radical (unpaired) electrons. The van der Waals surface area contributed by atoms with Crippen molar-refractivity contribution in [2.45, 2.75) is 33.4 Å². The summed E-state index contributed by atoms with van der Waals surface area (Å²) in [6, 6.07) is 14.1. The molecule has 0 spiro atoms. The Bertz CT molecular complexity index is 1320. The number of piperidine rings is 1. The Kier molecular flexibility index (Phi) is 9.00. The molecule has 2 atom stereocenters. The fourth-order valence-corrected chi connectivity index (χ4v) is 5.72. The number of aliphatic carboxylic acids is 1. The first-order chi connectivity index (χ1) is 18.3. The van der Waals surface area contributed by atoms with E-state index in [0.29, 0.717) is 43.9 Å². The van der Waals surface area contributed by atoms with Crippen molar-refractivity contribution in [2.75, 3.05) is 38.2 Å². The monoisotopic (exact) mass is 534 g/mol. The molecule has 0 amide bonds. The van der Waals surface area contributed by atoms with Crippen LogP contribution in [0.25, 0.3) is 11.3 Å². The van der Waals surface area contributed by atoms with Crippen LogP contribution in [0.5, 0.6) is 5.75 Å². The number of hydrogen-bond acceptors (Lipinski definition) is 8. The van der Waals surface area contributed by atoms with Gasteiger partial charge in [-0.2, -0.15) is 5.26 Å². The zero-order valence-electron chi connectivity index (χ0n) is 22.1. The number of aromatic nitrogens is 1. The maximum atomic E-state index is 11.5. The van der Waals surface area contributed by atoms with E-state index in [0.717, 1.165) is 33.1 Å². The van der Waals surface area contributed by atoms with Crippen molar-refractivity contribution in [1.82, 2.24) is 9.88 Å². The van der Waals surface area contributed by atoms with Gasteiger partial charge in [0.1, 0.15) is 12.4 Å². The number of thiazole rings is 1. The normalized spacial score (nSPS) is 17.4. The number of aryl methyl sites for hydroxylation is 1. The lowest BCUT2D eigenvalue weighted by Crippen LogP contribution is -2.42. The molecule has 1 aromatic heterocycles. The third-order valence-electron chi connectivity index (χ3n) is 7.01. The number of carbonyl (C=O) groups is 1. The lowest BCUT2D eigenvalue weighted by atomic mass is 9.87. The summed E-state index contributed by atoms with van der Waals surface area (Å²) < 4.78 is 6.24. The number of nitriles is 1. The van der Waals surface area contributed by atoms with Gasteiger partial charge in [0.15, 0.2) is 5.13 Å². The molecule has 1 saturated heterocycles. The molecule has 200 valence electrons. The highest BCUT2D eigenvalue weighted by Crippen LogP contribution is 2.36. The van der Waals surface area contributed by atoms with E-state index in [9.17, 15) is 15.2 Å². The van der Waals surface area contributed by atoms with Gasteiger partial charge in [-0.05, 0) is 50.1 Å². The number of aliphatic hydroxyl groups excluding tert-OH is 1. The van der Waals surface area contributed by atoms with Crippen molar-refractivity contribution in [3.63, 3.8) is 0 Å². The number of anilines is 1. The van der Waals surface area contributed by atoms with E-state index in [-0.39, 0.29) is 25.0 Å². The van der Waals surface area contributed by atoms with E-state index in [1.807, 2.05) is 61.5 Å². The highest BCUT2D eigenvalue weighted by molar-refractivity contribution is 7.14. The fraction of sp³-hybridized carbons (Fsp3) is 0.414. The zero-order valence-corrected chi connectivity index (χ0v) is 22.9. The van der Waals surface area contributed by atoms with Crippen LogP contribution in [0.1, 0.15) is 35.6 Å². The second kappa shape index (κ2) is 12.4. The molecule has 9 heteroatoms. The minimum Gasteiger partial charge on any atom is -0.488 e. The summed E-state index contributed by atoms with van der Waals surface area (Å²) in [4.78, 5) is 20.6. The maximum absolute atomic E-state index is 11.5. The molecule has 8 nitrogen and oxygen atoms in total. The number of benzene rings is 2. The highest BCUT2D eigenvalue weighted by Gasteiger charge is 2.32. The quantitative estimate of drug-likeness (QED) is 0.390. The van der Waals surface area contributed by atoms with Gasteiger partial charge in [0.25, 0.3) is 0 Å². The largest absolute Gasteiger partial charge is 0.488 e. The molecular formula is C29H34N4O4S. The number of hydrogen-bond donors (Lipinski definition) is 2. The van der Waals surface area contributed by atoms with Crippen LogP contribution in [0, 0.1) is 30.1 Å². The first-order valence-corrected chi connectivity index (χ1v) is 13.7. The summed E-state index contributed by atoms with van der Waals surface area (Å²) in [6.07, 6.45) is 0.613. The van der Waals surface area contributed by atoms with Gasteiger partial charge in [0.2, 0.25) is 0 Å². The minimum atomic E-state index is -0.721. The van der Waals surface area contributed by atoms with Gasteiger partial charge in [-0.15, -0.1) is 11.3 Å². The molecule has 1 fully saturated rings. The van der Waals surface area contributed by atoms with Gasteiger partial charge in [-0.1, -0.05) is 30.7 Å². The fourth-order valence-electron chi connectivity index (χ4n) is 4.86. The van der Waals surface area contributed by atoms with E-state index in [2.05, 4.69) is 17.0 Å². The van der Waals surface area contributed by atoms with Crippen LogP contribution in [0.4, 0.5) is 5.13 Å². The summed E-state index contributed by atoms with van der Waals surface area (Å²) in [5.41, 5.74) is 5.19. The molecule has 2 aromatic carbocycles. The van der Waals surface area contributed by atoms with Gasteiger partial charge >= 0.3 is 5.97 Å². The molecular weight excluding hydrogens is 500 g/mol. The first kappa shape index (κ1) is 27.6. The number of carboxylic acid groups (broad SMARTS) is 1. The second-order valence-corrected chi connectivity index (χ2v) is 10.9. The molecule has 38 heavy (non-hydrogen) atoms. The molecule has 0 bridgehead atoms. The van der Waals surface area contributed by atoms with Crippen LogP contribution in [-0.2, 0) is 17.9 Å². The Morgan fingerprint density at radius 3 is 2.84 bits per heavy atom. The Balaban J connectivity index is 1.50. The Hall–Kier alpha value is -3.45. The maximum Gasteiger partial charge on any atom is 0.306 e. The van der Waals surface area contributed by atoms with Gasteiger partial charge in [0, 0.05) is 42.7 Å². The Morgan fingerprint density at radius 2 is 2.13 bits per heavy atom. The molecule has 0 unspecified atom stereocenters. The van der Waals surface area contributed by atoms with Crippen molar-refractivity contribution >= 4 is 22.4 Å². The highest BCUT2D eigenvalue weighted by atomic mass is 32.1. The third-order valence-corrected chi connectivity index (χ3v) is 7.91. The summed E-state index contributed by atoms with van der Waals surface area (Å²) in [7, 11) is 1.93. The average Bonchev–Trinajstić information content (AvgIpc) is 3.38. The van der Waals surface area contributed by atoms with E-state index < -0.39 is 5.97 Å². The van der Waals surface area contributed by atoms with Crippen LogP contribution < -0.4 is 9.64 Å². The van der Waals surface area contributed by atoms with Crippen LogP contribution in [0.2, 0.25) is 0 Å². The Labute approximate surface area is 227 Å². The van der Waals surface area contributed by atoms with Crippen molar-refractivity contribution in [1.29, 1.82) is 5.26 Å². The van der Waals surface area contributed by atoms with E-state index in [1.54, 1.807) is 11.3 Å². The average molecular weight is 535 g/mol. The molecule has 1 aliphatic heterocycles. The summed E-state index contributed by atoms with van der Waals surface area (Å²) in [5, 5.41) is 31.2. The smallest absolute Gasteiger partial charge is 0.306 e. The number of rotatable bonds is 10. The molecule has 2 heterocycles. The second-order valence-electron chi connectivity index (χ2n) is 10.0. The van der Waals surface area contributed by atoms with Gasteiger partial charge in [-0.3, -0.25) is 9.69 Å². The number of carboxylic acids is 1. The summed E-state index contributed by atoms with van der Waals surface area (Å²) >= 11 is 1.56. The number of aliphatic hydroxyl groups is 1. The van der Waals surface area contributed by atoms with Gasteiger partial charge in [-0.25, -0.2) is 4.98 Å². The molecule has 4 rings (SSSR count). The van der Waals surface area contributed by atoms with Gasteiger partial charge < -0.3 is 19.8 Å². The summed E-state index contributed by atoms with van der Waals surface area (Å²) in [6.45, 7) is 6.93. The molecule has 3 aromatic rings. The molecule has 0 aliphatic carbocycles. The lowest BCUT2D eigenvalue weighted by molar-refractivity contribution is -0.144. The molecule has 1 aliphatic rings. The van der Waals surface area contributed by atoms with E-state index in [1.165, 1.54) is 0 Å².